The molecule has 0 spiro atoms. The van der Waals surface area contributed by atoms with Crippen LogP contribution in [0, 0.1) is 6.92 Å². The number of primary amides is 1. The van der Waals surface area contributed by atoms with Crippen molar-refractivity contribution in [1.82, 2.24) is 10.3 Å². The number of nitrogens with two attached hydrogens (primary N) is 1. The molecule has 116 valence electrons. The summed E-state index contributed by atoms with van der Waals surface area (Å²) in [6.07, 6.45) is 8.00. The summed E-state index contributed by atoms with van der Waals surface area (Å²) in [5, 5.41) is 6.86. The molecule has 1 aliphatic carbocycles. The van der Waals surface area contributed by atoms with Crippen LogP contribution in [-0.2, 0) is 0 Å². The normalized spacial score (nSPS) is 16.4. The van der Waals surface area contributed by atoms with E-state index in [-0.39, 0.29) is 0 Å². The van der Waals surface area contributed by atoms with Gasteiger partial charge >= 0.3 is 0 Å². The Morgan fingerprint density at radius 2 is 1.95 bits per heavy atom. The third kappa shape index (κ3) is 5.34. The van der Waals surface area contributed by atoms with Crippen molar-refractivity contribution in [2.24, 2.45) is 5.73 Å². The number of aromatic nitrogens is 1. The van der Waals surface area contributed by atoms with Gasteiger partial charge in [0.2, 0.25) is 5.91 Å². The van der Waals surface area contributed by atoms with E-state index in [1.54, 1.807) is 12.1 Å². The summed E-state index contributed by atoms with van der Waals surface area (Å²) in [7, 11) is 0. The van der Waals surface area contributed by atoms with Gasteiger partial charge < -0.3 is 16.4 Å². The molecule has 1 aromatic rings. The lowest BCUT2D eigenvalue weighted by molar-refractivity contribution is 0.1000. The van der Waals surface area contributed by atoms with Crippen LogP contribution >= 0.6 is 0 Å². The van der Waals surface area contributed by atoms with Crippen LogP contribution in [0.1, 0.15) is 54.6 Å². The van der Waals surface area contributed by atoms with E-state index < -0.39 is 5.91 Å². The molecule has 1 heterocycles. The summed E-state index contributed by atoms with van der Waals surface area (Å²) in [4.78, 5) is 15.6. The maximum atomic E-state index is 11.2. The van der Waals surface area contributed by atoms with Crippen molar-refractivity contribution in [3.8, 4) is 0 Å². The number of aryl methyl sites for hydroxylation is 1. The fraction of sp³-hybridized carbons (Fsp3) is 0.625. The number of nitrogens with zero attached hydrogens (tertiary/aromatic N) is 1. The highest BCUT2D eigenvalue weighted by molar-refractivity contribution is 5.93. The molecule has 2 rings (SSSR count). The lowest BCUT2D eigenvalue weighted by atomic mass is 10.1. The van der Waals surface area contributed by atoms with Gasteiger partial charge in [-0.15, -0.1) is 0 Å². The summed E-state index contributed by atoms with van der Waals surface area (Å²) in [5.74, 6) is 0.298. The van der Waals surface area contributed by atoms with E-state index in [1.165, 1.54) is 38.5 Å². The molecule has 0 unspecified atom stereocenters. The highest BCUT2D eigenvalue weighted by Gasteiger charge is 2.11. The molecule has 5 heteroatoms. The maximum absolute atomic E-state index is 11.2. The molecule has 1 saturated carbocycles. The number of nitrogens with one attached hydrogen (secondary N) is 2. The minimum absolute atomic E-state index is 0.417. The van der Waals surface area contributed by atoms with Gasteiger partial charge in [0.05, 0.1) is 0 Å². The van der Waals surface area contributed by atoms with Crippen LogP contribution in [0.15, 0.2) is 12.1 Å². The summed E-state index contributed by atoms with van der Waals surface area (Å²) in [6.45, 7) is 3.57. The van der Waals surface area contributed by atoms with Gasteiger partial charge in [-0.25, -0.2) is 4.98 Å². The van der Waals surface area contributed by atoms with Crippen LogP contribution < -0.4 is 16.4 Å². The van der Waals surface area contributed by atoms with Gasteiger partial charge in [-0.05, 0) is 31.9 Å². The molecule has 4 N–H and O–H groups in total. The number of carbonyl (C=O) groups is 1. The quantitative estimate of drug-likeness (QED) is 0.554. The van der Waals surface area contributed by atoms with Crippen LogP contribution in [-0.4, -0.2) is 30.0 Å². The summed E-state index contributed by atoms with van der Waals surface area (Å²) >= 11 is 0. The SMILES string of the molecule is Cc1cc(C(N)=O)cc(NCCNC2CCCCCC2)n1. The molecule has 0 saturated heterocycles. The lowest BCUT2D eigenvalue weighted by Crippen LogP contribution is -2.32. The highest BCUT2D eigenvalue weighted by Crippen LogP contribution is 2.17. The molecular formula is C16H26N4O. The number of hydrogen-bond acceptors (Lipinski definition) is 4. The van der Waals surface area contributed by atoms with Crippen molar-refractivity contribution in [2.45, 2.75) is 51.5 Å². The molecule has 0 radical (unpaired) electrons. The topological polar surface area (TPSA) is 80.0 Å². The Morgan fingerprint density at radius 3 is 2.62 bits per heavy atom. The van der Waals surface area contributed by atoms with Gasteiger partial charge in [0.15, 0.2) is 0 Å². The van der Waals surface area contributed by atoms with Crippen LogP contribution in [0.4, 0.5) is 5.82 Å². The molecule has 21 heavy (non-hydrogen) atoms. The largest absolute Gasteiger partial charge is 0.369 e. The van der Waals surface area contributed by atoms with E-state index in [0.717, 1.165) is 18.8 Å². The monoisotopic (exact) mass is 290 g/mol. The van der Waals surface area contributed by atoms with Crippen molar-refractivity contribution < 1.29 is 4.79 Å². The predicted molar refractivity (Wildman–Crippen MR) is 85.5 cm³/mol. The van der Waals surface area contributed by atoms with Gasteiger partial charge in [-0.1, -0.05) is 25.7 Å². The van der Waals surface area contributed by atoms with Gasteiger partial charge in [-0.3, -0.25) is 4.79 Å². The van der Waals surface area contributed by atoms with E-state index in [2.05, 4.69) is 15.6 Å². The first-order chi connectivity index (χ1) is 10.1. The molecule has 1 fully saturated rings. The van der Waals surface area contributed by atoms with Crippen LogP contribution in [0.2, 0.25) is 0 Å². The Bertz CT molecular complexity index is 467. The molecule has 1 aromatic heterocycles. The average molecular weight is 290 g/mol. The van der Waals surface area contributed by atoms with E-state index in [0.29, 0.717) is 17.4 Å². The third-order valence-corrected chi connectivity index (χ3v) is 3.96. The first-order valence-electron chi connectivity index (χ1n) is 7.91. The van der Waals surface area contributed by atoms with Gasteiger partial charge in [-0.2, -0.15) is 0 Å². The number of carbonyl (C=O) groups excluding carboxylic acids is 1. The predicted octanol–water partition coefficient (Wildman–Crippen LogP) is 2.21. The average Bonchev–Trinajstić information content (AvgIpc) is 2.71. The van der Waals surface area contributed by atoms with Crippen LogP contribution in [0.3, 0.4) is 0 Å². The Hall–Kier alpha value is -1.62. The first-order valence-corrected chi connectivity index (χ1v) is 7.91. The Labute approximate surface area is 126 Å². The number of amides is 1. The minimum atomic E-state index is -0.417. The number of rotatable bonds is 6. The summed E-state index contributed by atoms with van der Waals surface area (Å²) < 4.78 is 0. The number of pyridine rings is 1. The number of anilines is 1. The summed E-state index contributed by atoms with van der Waals surface area (Å²) in [6, 6.07) is 4.07. The fourth-order valence-corrected chi connectivity index (χ4v) is 2.85. The summed E-state index contributed by atoms with van der Waals surface area (Å²) in [5.41, 5.74) is 6.61. The van der Waals surface area contributed by atoms with Crippen molar-refractivity contribution in [1.29, 1.82) is 0 Å². The molecule has 5 nitrogen and oxygen atoms in total. The lowest BCUT2D eigenvalue weighted by Gasteiger charge is -2.16. The smallest absolute Gasteiger partial charge is 0.248 e. The molecule has 0 atom stereocenters. The van der Waals surface area contributed by atoms with E-state index in [1.807, 2.05) is 6.92 Å². The molecular weight excluding hydrogens is 264 g/mol. The minimum Gasteiger partial charge on any atom is -0.369 e. The Balaban J connectivity index is 1.76. The zero-order valence-electron chi connectivity index (χ0n) is 12.8. The van der Waals surface area contributed by atoms with Crippen LogP contribution in [0.5, 0.6) is 0 Å². The zero-order chi connectivity index (χ0) is 15.1. The standard InChI is InChI=1S/C16H26N4O/c1-12-10-13(16(17)21)11-15(20-12)19-9-8-18-14-6-4-2-3-5-7-14/h10-11,14,18H,2-9H2,1H3,(H2,17,21)(H,19,20). The van der Waals surface area contributed by atoms with Crippen LogP contribution in [0.25, 0.3) is 0 Å². The van der Waals surface area contributed by atoms with E-state index in [4.69, 9.17) is 5.73 Å². The van der Waals surface area contributed by atoms with Crippen molar-refractivity contribution in [3.63, 3.8) is 0 Å². The van der Waals surface area contributed by atoms with E-state index >= 15 is 0 Å². The Kier molecular flexibility index (Phi) is 5.99. The van der Waals surface area contributed by atoms with Gasteiger partial charge in [0, 0.05) is 30.4 Å². The molecule has 1 amide bonds. The third-order valence-electron chi connectivity index (χ3n) is 3.96. The Morgan fingerprint density at radius 1 is 1.24 bits per heavy atom. The van der Waals surface area contributed by atoms with E-state index in [9.17, 15) is 4.79 Å². The molecule has 0 bridgehead atoms. The molecule has 1 aliphatic rings. The number of hydrogen-bond donors (Lipinski definition) is 3. The molecule has 0 aromatic carbocycles. The second-order valence-corrected chi connectivity index (χ2v) is 5.82. The fourth-order valence-electron chi connectivity index (χ4n) is 2.85. The highest BCUT2D eigenvalue weighted by atomic mass is 16.1. The maximum Gasteiger partial charge on any atom is 0.248 e. The van der Waals surface area contributed by atoms with Gasteiger partial charge in [0.25, 0.3) is 0 Å². The van der Waals surface area contributed by atoms with Crippen molar-refractivity contribution in [3.05, 3.63) is 23.4 Å². The zero-order valence-corrected chi connectivity index (χ0v) is 12.8. The molecule has 0 aliphatic heterocycles. The van der Waals surface area contributed by atoms with Crippen molar-refractivity contribution in [2.75, 3.05) is 18.4 Å². The first kappa shape index (κ1) is 15.8. The second kappa shape index (κ2) is 7.98. The van der Waals surface area contributed by atoms with Gasteiger partial charge in [0.1, 0.15) is 5.82 Å². The van der Waals surface area contributed by atoms with Crippen molar-refractivity contribution >= 4 is 11.7 Å². The second-order valence-electron chi connectivity index (χ2n) is 5.82.